The van der Waals surface area contributed by atoms with Gasteiger partial charge in [-0.3, -0.25) is 0 Å². The summed E-state index contributed by atoms with van der Waals surface area (Å²) in [6.07, 6.45) is 0.599. The number of esters is 1. The van der Waals surface area contributed by atoms with Crippen molar-refractivity contribution in [1.29, 1.82) is 0 Å². The lowest BCUT2D eigenvalue weighted by molar-refractivity contribution is 0.0600. The van der Waals surface area contributed by atoms with Gasteiger partial charge in [-0.25, -0.2) is 4.79 Å². The van der Waals surface area contributed by atoms with E-state index in [0.29, 0.717) is 29.8 Å². The maximum Gasteiger partial charge on any atom is 0.337 e. The molecular weight excluding hydrogens is 204 g/mol. The third-order valence-electron chi connectivity index (χ3n) is 1.97. The van der Waals surface area contributed by atoms with E-state index in [1.54, 1.807) is 18.2 Å². The third-order valence-corrected chi connectivity index (χ3v) is 1.97. The van der Waals surface area contributed by atoms with E-state index in [9.17, 15) is 4.79 Å². The van der Waals surface area contributed by atoms with Crippen LogP contribution in [-0.4, -0.2) is 19.6 Å². The Morgan fingerprint density at radius 1 is 1.50 bits per heavy atom. The van der Waals surface area contributed by atoms with Gasteiger partial charge in [-0.2, -0.15) is 0 Å². The van der Waals surface area contributed by atoms with Crippen LogP contribution in [0.3, 0.4) is 0 Å². The minimum Gasteiger partial charge on any atom is -0.465 e. The number of anilines is 1. The molecule has 0 aliphatic carbocycles. The fourth-order valence-corrected chi connectivity index (χ4v) is 1.14. The summed E-state index contributed by atoms with van der Waals surface area (Å²) in [6, 6.07) is 4.86. The Morgan fingerprint density at radius 3 is 2.88 bits per heavy atom. The predicted molar refractivity (Wildman–Crippen MR) is 62.7 cm³/mol. The number of hydrogen-bond acceptors (Lipinski definition) is 4. The van der Waals surface area contributed by atoms with Crippen molar-refractivity contribution >= 4 is 11.7 Å². The molecule has 4 N–H and O–H groups in total. The van der Waals surface area contributed by atoms with Gasteiger partial charge in [0.2, 0.25) is 0 Å². The second-order valence-electron chi connectivity index (χ2n) is 3.13. The van der Waals surface area contributed by atoms with Crippen molar-refractivity contribution in [2.45, 2.75) is 6.42 Å². The van der Waals surface area contributed by atoms with Crippen LogP contribution in [0.15, 0.2) is 18.2 Å². The zero-order chi connectivity index (χ0) is 12.0. The number of hydrogen-bond donors (Lipinski definition) is 2. The highest BCUT2D eigenvalue weighted by Crippen LogP contribution is 2.13. The van der Waals surface area contributed by atoms with E-state index < -0.39 is 5.97 Å². The molecule has 0 aliphatic rings. The minimum atomic E-state index is -0.401. The molecule has 0 heterocycles. The zero-order valence-electron chi connectivity index (χ0n) is 9.12. The normalized spacial score (nSPS) is 9.12. The number of rotatable bonds is 2. The predicted octanol–water partition coefficient (Wildman–Crippen LogP) is 0.756. The van der Waals surface area contributed by atoms with E-state index in [2.05, 4.69) is 16.6 Å². The van der Waals surface area contributed by atoms with Crippen LogP contribution in [0.5, 0.6) is 0 Å². The van der Waals surface area contributed by atoms with Crippen molar-refractivity contribution in [3.63, 3.8) is 0 Å². The van der Waals surface area contributed by atoms with Crippen molar-refractivity contribution in [3.8, 4) is 11.8 Å². The van der Waals surface area contributed by atoms with Crippen LogP contribution >= 0.6 is 0 Å². The largest absolute Gasteiger partial charge is 0.465 e. The van der Waals surface area contributed by atoms with Crippen LogP contribution in [-0.2, 0) is 4.74 Å². The summed E-state index contributed by atoms with van der Waals surface area (Å²) in [5.41, 5.74) is 12.6. The lowest BCUT2D eigenvalue weighted by Gasteiger charge is -2.02. The zero-order valence-corrected chi connectivity index (χ0v) is 9.12. The van der Waals surface area contributed by atoms with Gasteiger partial charge in [-0.05, 0) is 18.2 Å². The van der Waals surface area contributed by atoms with Crippen molar-refractivity contribution in [3.05, 3.63) is 29.3 Å². The molecule has 4 nitrogen and oxygen atoms in total. The van der Waals surface area contributed by atoms with E-state index in [1.807, 2.05) is 0 Å². The number of carbonyl (C=O) groups is 1. The Balaban J connectivity index is 3.01. The van der Waals surface area contributed by atoms with Crippen LogP contribution in [0.25, 0.3) is 0 Å². The molecule has 0 saturated carbocycles. The van der Waals surface area contributed by atoms with Crippen LogP contribution in [0.4, 0.5) is 5.69 Å². The fraction of sp³-hybridized carbons (Fsp3) is 0.250. The van der Waals surface area contributed by atoms with Crippen molar-refractivity contribution in [1.82, 2.24) is 0 Å². The molecule has 0 spiro atoms. The maximum absolute atomic E-state index is 11.3. The highest BCUT2D eigenvalue weighted by Gasteiger charge is 2.06. The van der Waals surface area contributed by atoms with Gasteiger partial charge in [0, 0.05) is 24.2 Å². The van der Waals surface area contributed by atoms with Crippen molar-refractivity contribution in [2.24, 2.45) is 5.73 Å². The average molecular weight is 218 g/mol. The Kier molecular flexibility index (Phi) is 4.37. The lowest BCUT2D eigenvalue weighted by Crippen LogP contribution is -2.02. The molecule has 0 atom stereocenters. The summed E-state index contributed by atoms with van der Waals surface area (Å²) in [5.74, 6) is 5.34. The molecule has 0 aliphatic heterocycles. The Hall–Kier alpha value is -1.99. The molecule has 16 heavy (non-hydrogen) atoms. The van der Waals surface area contributed by atoms with Crippen molar-refractivity contribution < 1.29 is 9.53 Å². The number of nitrogen functional groups attached to an aromatic ring is 1. The van der Waals surface area contributed by atoms with Crippen LogP contribution in [0.2, 0.25) is 0 Å². The molecule has 0 saturated heterocycles. The first-order chi connectivity index (χ1) is 7.69. The number of methoxy groups -OCH3 is 1. The summed E-state index contributed by atoms with van der Waals surface area (Å²) >= 11 is 0. The number of benzene rings is 1. The molecule has 0 aromatic heterocycles. The standard InChI is InChI=1S/C12H14N2O2/c1-16-12(15)10-5-6-11(14)9(8-10)4-2-3-7-13/h5-6,8H,3,7,13-14H2,1H3. The van der Waals surface area contributed by atoms with Gasteiger partial charge in [0.25, 0.3) is 0 Å². The van der Waals surface area contributed by atoms with Gasteiger partial charge in [-0.15, -0.1) is 0 Å². The molecule has 1 aromatic rings. The van der Waals surface area contributed by atoms with Crippen LogP contribution < -0.4 is 11.5 Å². The number of nitrogens with two attached hydrogens (primary N) is 2. The van der Waals surface area contributed by atoms with Gasteiger partial charge in [0.05, 0.1) is 12.7 Å². The molecule has 0 bridgehead atoms. The summed E-state index contributed by atoms with van der Waals surface area (Å²) in [7, 11) is 1.33. The average Bonchev–Trinajstić information content (AvgIpc) is 2.31. The van der Waals surface area contributed by atoms with E-state index in [-0.39, 0.29) is 0 Å². The molecule has 0 fully saturated rings. The maximum atomic E-state index is 11.3. The van der Waals surface area contributed by atoms with E-state index in [0.717, 1.165) is 0 Å². The molecule has 84 valence electrons. The SMILES string of the molecule is COC(=O)c1ccc(N)c(C#CCCN)c1. The summed E-state index contributed by atoms with van der Waals surface area (Å²) < 4.78 is 4.61. The molecule has 0 amide bonds. The number of ether oxygens (including phenoxy) is 1. The van der Waals surface area contributed by atoms with Crippen LogP contribution in [0.1, 0.15) is 22.3 Å². The quantitative estimate of drug-likeness (QED) is 0.436. The Morgan fingerprint density at radius 2 is 2.25 bits per heavy atom. The van der Waals surface area contributed by atoms with Crippen molar-refractivity contribution in [2.75, 3.05) is 19.4 Å². The molecule has 1 rings (SSSR count). The lowest BCUT2D eigenvalue weighted by atomic mass is 10.1. The van der Waals surface area contributed by atoms with Gasteiger partial charge in [0.15, 0.2) is 0 Å². The van der Waals surface area contributed by atoms with Gasteiger partial charge < -0.3 is 16.2 Å². The molecule has 4 heteroatoms. The first-order valence-corrected chi connectivity index (χ1v) is 4.86. The van der Waals surface area contributed by atoms with Gasteiger partial charge >= 0.3 is 5.97 Å². The van der Waals surface area contributed by atoms with E-state index in [4.69, 9.17) is 11.5 Å². The fourth-order valence-electron chi connectivity index (χ4n) is 1.14. The molecule has 1 aromatic carbocycles. The first-order valence-electron chi connectivity index (χ1n) is 4.86. The topological polar surface area (TPSA) is 78.3 Å². The molecular formula is C12H14N2O2. The third kappa shape index (κ3) is 3.01. The van der Waals surface area contributed by atoms with Gasteiger partial charge in [-0.1, -0.05) is 11.8 Å². The Bertz CT molecular complexity index is 444. The smallest absolute Gasteiger partial charge is 0.337 e. The second-order valence-corrected chi connectivity index (χ2v) is 3.13. The minimum absolute atomic E-state index is 0.401. The Labute approximate surface area is 94.6 Å². The summed E-state index contributed by atoms with van der Waals surface area (Å²) in [6.45, 7) is 0.504. The highest BCUT2D eigenvalue weighted by atomic mass is 16.5. The van der Waals surface area contributed by atoms with E-state index in [1.165, 1.54) is 7.11 Å². The summed E-state index contributed by atoms with van der Waals surface area (Å²) in [5, 5.41) is 0. The van der Waals surface area contributed by atoms with Gasteiger partial charge in [0.1, 0.15) is 0 Å². The molecule has 0 radical (unpaired) electrons. The molecule has 0 unspecified atom stereocenters. The second kappa shape index (κ2) is 5.79. The monoisotopic (exact) mass is 218 g/mol. The number of carbonyl (C=O) groups excluding carboxylic acids is 1. The van der Waals surface area contributed by atoms with E-state index >= 15 is 0 Å². The summed E-state index contributed by atoms with van der Waals surface area (Å²) in [4.78, 5) is 11.3. The first kappa shape index (κ1) is 12.1. The highest BCUT2D eigenvalue weighted by molar-refractivity contribution is 5.90. The van der Waals surface area contributed by atoms with Crippen LogP contribution in [0, 0.1) is 11.8 Å².